The molecule has 9 heteroatoms. The van der Waals surface area contributed by atoms with Crippen molar-refractivity contribution in [2.75, 3.05) is 18.4 Å². The fraction of sp³-hybridized carbons (Fsp3) is 0.150. The van der Waals surface area contributed by atoms with Gasteiger partial charge in [0.15, 0.2) is 0 Å². The maximum absolute atomic E-state index is 12.2. The van der Waals surface area contributed by atoms with Gasteiger partial charge in [-0.05, 0) is 48.5 Å². The van der Waals surface area contributed by atoms with Crippen LogP contribution in [0.3, 0.4) is 0 Å². The Balaban J connectivity index is 2.01. The molecule has 29 heavy (non-hydrogen) atoms. The minimum absolute atomic E-state index is 0.0862. The van der Waals surface area contributed by atoms with Gasteiger partial charge in [-0.15, -0.1) is 0 Å². The van der Waals surface area contributed by atoms with Crippen molar-refractivity contribution in [2.24, 2.45) is 11.5 Å². The molecule has 0 aliphatic carbocycles. The smallest absolute Gasteiger partial charge is 0.267 e. The first-order valence-corrected chi connectivity index (χ1v) is 8.63. The molecular formula is C20H21N5O4. The van der Waals surface area contributed by atoms with Gasteiger partial charge in [-0.2, -0.15) is 0 Å². The monoisotopic (exact) mass is 395 g/mol. The lowest BCUT2D eigenvalue weighted by atomic mass is 10.1. The van der Waals surface area contributed by atoms with Crippen LogP contribution in [-0.2, 0) is 9.59 Å². The number of nitrogens with two attached hydrogens (primary N) is 2. The lowest BCUT2D eigenvalue weighted by molar-refractivity contribution is -0.130. The van der Waals surface area contributed by atoms with Gasteiger partial charge in [0.05, 0.1) is 6.54 Å². The summed E-state index contributed by atoms with van der Waals surface area (Å²) in [6.45, 7) is -0.243. The van der Waals surface area contributed by atoms with Crippen LogP contribution in [0.25, 0.3) is 0 Å². The van der Waals surface area contributed by atoms with Crippen molar-refractivity contribution < 1.29 is 19.6 Å². The Hall–Kier alpha value is -3.71. The second-order valence-electron chi connectivity index (χ2n) is 5.89. The van der Waals surface area contributed by atoms with E-state index in [1.54, 1.807) is 48.5 Å². The van der Waals surface area contributed by atoms with Gasteiger partial charge in [0.2, 0.25) is 5.91 Å². The fourth-order valence-corrected chi connectivity index (χ4v) is 2.25. The van der Waals surface area contributed by atoms with E-state index < -0.39 is 17.9 Å². The molecular weight excluding hydrogens is 374 g/mol. The third-order valence-corrected chi connectivity index (χ3v) is 3.82. The first kappa shape index (κ1) is 21.6. The molecule has 150 valence electrons. The van der Waals surface area contributed by atoms with Crippen molar-refractivity contribution in [2.45, 2.75) is 6.04 Å². The predicted octanol–water partition coefficient (Wildman–Crippen LogP) is -0.454. The zero-order valence-electron chi connectivity index (χ0n) is 15.4. The third kappa shape index (κ3) is 6.44. The Labute approximate surface area is 167 Å². The summed E-state index contributed by atoms with van der Waals surface area (Å²) in [5, 5.41) is 13.7. The van der Waals surface area contributed by atoms with Gasteiger partial charge >= 0.3 is 0 Å². The number of hydrogen-bond donors (Lipinski definition) is 6. The van der Waals surface area contributed by atoms with E-state index in [1.165, 1.54) is 5.48 Å². The van der Waals surface area contributed by atoms with E-state index in [-0.39, 0.29) is 19.0 Å². The first-order valence-electron chi connectivity index (χ1n) is 8.63. The summed E-state index contributed by atoms with van der Waals surface area (Å²) in [4.78, 5) is 34.8. The highest BCUT2D eigenvalue weighted by Gasteiger charge is 2.19. The molecule has 0 radical (unpaired) electrons. The highest BCUT2D eigenvalue weighted by Crippen LogP contribution is 2.09. The quantitative estimate of drug-likeness (QED) is 0.221. The van der Waals surface area contributed by atoms with Crippen LogP contribution in [-0.4, -0.2) is 42.1 Å². The standard InChI is InChI=1S/C20H21N5O4/c21-11-17(20(28)25-29)24-19(27)15-7-3-13(4-8-15)1-2-14-5-9-16(10-6-14)23-18(26)12-22/h3-10,17,29H,11-12,21-22H2,(H,23,26)(H,24,27)(H,25,28). The van der Waals surface area contributed by atoms with E-state index in [9.17, 15) is 14.4 Å². The van der Waals surface area contributed by atoms with Crippen molar-refractivity contribution in [3.8, 4) is 11.8 Å². The van der Waals surface area contributed by atoms with E-state index in [0.29, 0.717) is 16.8 Å². The summed E-state index contributed by atoms with van der Waals surface area (Å²) < 4.78 is 0. The summed E-state index contributed by atoms with van der Waals surface area (Å²) >= 11 is 0. The molecule has 0 spiro atoms. The maximum Gasteiger partial charge on any atom is 0.267 e. The molecule has 2 aromatic carbocycles. The Morgan fingerprint density at radius 3 is 1.97 bits per heavy atom. The number of hydrogen-bond acceptors (Lipinski definition) is 6. The number of amides is 3. The van der Waals surface area contributed by atoms with Crippen molar-refractivity contribution in [3.05, 3.63) is 65.2 Å². The molecule has 2 rings (SSSR count). The number of anilines is 1. The van der Waals surface area contributed by atoms with E-state index >= 15 is 0 Å². The normalized spacial score (nSPS) is 10.9. The fourth-order valence-electron chi connectivity index (χ4n) is 2.25. The second kappa shape index (κ2) is 10.6. The van der Waals surface area contributed by atoms with E-state index in [1.807, 2.05) is 0 Å². The van der Waals surface area contributed by atoms with Crippen LogP contribution < -0.4 is 27.6 Å². The minimum Gasteiger partial charge on any atom is -0.339 e. The van der Waals surface area contributed by atoms with Gasteiger partial charge in [0, 0.05) is 28.9 Å². The molecule has 0 saturated heterocycles. The molecule has 1 unspecified atom stereocenters. The largest absolute Gasteiger partial charge is 0.339 e. The molecule has 0 fully saturated rings. The molecule has 0 aliphatic rings. The minimum atomic E-state index is -1.04. The number of nitrogens with one attached hydrogen (secondary N) is 3. The highest BCUT2D eigenvalue weighted by molar-refractivity contribution is 5.97. The van der Waals surface area contributed by atoms with E-state index in [0.717, 1.165) is 5.56 Å². The first-order chi connectivity index (χ1) is 14.0. The second-order valence-corrected chi connectivity index (χ2v) is 5.89. The molecule has 3 amide bonds. The van der Waals surface area contributed by atoms with Crippen LogP contribution in [0.4, 0.5) is 5.69 Å². The average molecular weight is 395 g/mol. The molecule has 8 N–H and O–H groups in total. The average Bonchev–Trinajstić information content (AvgIpc) is 2.76. The van der Waals surface area contributed by atoms with Crippen LogP contribution in [0, 0.1) is 11.8 Å². The summed E-state index contributed by atoms with van der Waals surface area (Å²) in [7, 11) is 0. The van der Waals surface area contributed by atoms with Crippen LogP contribution in [0.15, 0.2) is 48.5 Å². The van der Waals surface area contributed by atoms with E-state index in [4.69, 9.17) is 16.7 Å². The molecule has 0 saturated carbocycles. The van der Waals surface area contributed by atoms with Crippen LogP contribution >= 0.6 is 0 Å². The molecule has 0 aromatic heterocycles. The van der Waals surface area contributed by atoms with Crippen LogP contribution in [0.1, 0.15) is 21.5 Å². The Bertz CT molecular complexity index is 930. The number of benzene rings is 2. The van der Waals surface area contributed by atoms with Gasteiger partial charge in [-0.1, -0.05) is 11.8 Å². The molecule has 9 nitrogen and oxygen atoms in total. The van der Waals surface area contributed by atoms with Gasteiger partial charge in [0.25, 0.3) is 11.8 Å². The van der Waals surface area contributed by atoms with Gasteiger partial charge in [0.1, 0.15) is 6.04 Å². The summed E-state index contributed by atoms with van der Waals surface area (Å²) in [6, 6.07) is 12.4. The number of carbonyl (C=O) groups is 3. The Morgan fingerprint density at radius 1 is 0.931 bits per heavy atom. The summed E-state index contributed by atoms with van der Waals surface area (Å²) in [6.07, 6.45) is 0. The number of carbonyl (C=O) groups excluding carboxylic acids is 3. The molecule has 2 aromatic rings. The Kier molecular flexibility index (Phi) is 7.88. The zero-order chi connectivity index (χ0) is 21.2. The lowest BCUT2D eigenvalue weighted by Gasteiger charge is -2.14. The Morgan fingerprint density at radius 2 is 1.48 bits per heavy atom. The van der Waals surface area contributed by atoms with Crippen molar-refractivity contribution >= 4 is 23.4 Å². The SMILES string of the molecule is NCC(=O)Nc1ccc(C#Cc2ccc(C(=O)NC(CN)C(=O)NO)cc2)cc1. The third-order valence-electron chi connectivity index (χ3n) is 3.82. The zero-order valence-corrected chi connectivity index (χ0v) is 15.4. The van der Waals surface area contributed by atoms with Gasteiger partial charge in [-0.25, -0.2) is 5.48 Å². The maximum atomic E-state index is 12.2. The number of hydroxylamine groups is 1. The lowest BCUT2D eigenvalue weighted by Crippen LogP contribution is -2.50. The molecule has 0 heterocycles. The molecule has 1 atom stereocenters. The van der Waals surface area contributed by atoms with Crippen LogP contribution in [0.5, 0.6) is 0 Å². The van der Waals surface area contributed by atoms with Crippen molar-refractivity contribution in [1.29, 1.82) is 0 Å². The molecule has 0 bridgehead atoms. The van der Waals surface area contributed by atoms with Crippen molar-refractivity contribution in [3.63, 3.8) is 0 Å². The van der Waals surface area contributed by atoms with Crippen molar-refractivity contribution in [1.82, 2.24) is 10.8 Å². The van der Waals surface area contributed by atoms with Crippen LogP contribution in [0.2, 0.25) is 0 Å². The summed E-state index contributed by atoms with van der Waals surface area (Å²) in [5.41, 5.74) is 14.5. The van der Waals surface area contributed by atoms with Gasteiger partial charge < -0.3 is 22.1 Å². The topological polar surface area (TPSA) is 160 Å². The summed E-state index contributed by atoms with van der Waals surface area (Å²) in [5.74, 6) is 4.38. The highest BCUT2D eigenvalue weighted by atomic mass is 16.5. The predicted molar refractivity (Wildman–Crippen MR) is 107 cm³/mol. The number of rotatable bonds is 6. The van der Waals surface area contributed by atoms with Gasteiger partial charge in [-0.3, -0.25) is 19.6 Å². The van der Waals surface area contributed by atoms with E-state index in [2.05, 4.69) is 22.5 Å². The molecule has 0 aliphatic heterocycles.